The summed E-state index contributed by atoms with van der Waals surface area (Å²) in [6.07, 6.45) is 2.41. The highest BCUT2D eigenvalue weighted by Gasteiger charge is 2.17. The third kappa shape index (κ3) is 5.95. The summed E-state index contributed by atoms with van der Waals surface area (Å²) in [5, 5.41) is 11.9. The molecule has 3 aromatic rings. The summed E-state index contributed by atoms with van der Waals surface area (Å²) in [4.78, 5) is 23.2. The van der Waals surface area contributed by atoms with Crippen molar-refractivity contribution >= 4 is 23.6 Å². The number of rotatable bonds is 10. The number of benzene rings is 1. The lowest BCUT2D eigenvalue weighted by atomic mass is 10.2. The molecule has 1 amide bonds. The van der Waals surface area contributed by atoms with E-state index in [2.05, 4.69) is 20.3 Å². The summed E-state index contributed by atoms with van der Waals surface area (Å²) >= 11 is 1.31. The normalized spacial score (nSPS) is 10.7. The van der Waals surface area contributed by atoms with Crippen LogP contribution in [0.3, 0.4) is 0 Å². The highest BCUT2D eigenvalue weighted by Crippen LogP contribution is 2.25. The first kappa shape index (κ1) is 20.7. The molecule has 1 aromatic carbocycles. The van der Waals surface area contributed by atoms with Crippen molar-refractivity contribution in [2.75, 3.05) is 19.4 Å². The Morgan fingerprint density at radius 2 is 2.00 bits per heavy atom. The standard InChI is InChI=1S/C20H22N4O4S/c1-27-18(26)10-5-11-21-17(25)14-29-20-23-22-19(16-9-6-12-28-16)24(20)13-15-7-3-2-4-8-15/h2-4,6-9,12H,5,10-11,13-14H2,1H3,(H,21,25). The molecule has 0 aliphatic heterocycles. The molecule has 0 unspecified atom stereocenters. The number of esters is 1. The maximum atomic E-state index is 12.1. The third-order valence-corrected chi connectivity index (χ3v) is 5.05. The minimum Gasteiger partial charge on any atom is -0.469 e. The summed E-state index contributed by atoms with van der Waals surface area (Å²) in [6, 6.07) is 13.6. The average Bonchev–Trinajstić information content (AvgIpc) is 3.40. The summed E-state index contributed by atoms with van der Waals surface area (Å²) in [6.45, 7) is 0.982. The first-order chi connectivity index (χ1) is 14.2. The summed E-state index contributed by atoms with van der Waals surface area (Å²) < 4.78 is 12.0. The molecule has 3 rings (SSSR count). The fourth-order valence-corrected chi connectivity index (χ4v) is 3.40. The number of nitrogens with one attached hydrogen (secondary N) is 1. The molecular weight excluding hydrogens is 392 g/mol. The highest BCUT2D eigenvalue weighted by atomic mass is 32.2. The molecule has 0 spiro atoms. The van der Waals surface area contributed by atoms with Gasteiger partial charge in [0, 0.05) is 13.0 Å². The molecular formula is C20H22N4O4S. The van der Waals surface area contributed by atoms with Crippen molar-refractivity contribution in [2.45, 2.75) is 24.5 Å². The van der Waals surface area contributed by atoms with Gasteiger partial charge in [0.15, 0.2) is 10.9 Å². The van der Waals surface area contributed by atoms with E-state index < -0.39 is 0 Å². The van der Waals surface area contributed by atoms with Crippen LogP contribution in [-0.2, 0) is 20.9 Å². The fraction of sp³-hybridized carbons (Fsp3) is 0.300. The van der Waals surface area contributed by atoms with Crippen LogP contribution in [-0.4, -0.2) is 46.0 Å². The number of methoxy groups -OCH3 is 1. The van der Waals surface area contributed by atoms with Crippen molar-refractivity contribution in [1.29, 1.82) is 0 Å². The van der Waals surface area contributed by atoms with E-state index in [1.54, 1.807) is 12.3 Å². The topological polar surface area (TPSA) is 99.2 Å². The van der Waals surface area contributed by atoms with Crippen LogP contribution in [0.2, 0.25) is 0 Å². The molecule has 0 aliphatic rings. The van der Waals surface area contributed by atoms with E-state index in [0.29, 0.717) is 36.3 Å². The summed E-state index contributed by atoms with van der Waals surface area (Å²) in [5.41, 5.74) is 1.09. The van der Waals surface area contributed by atoms with Gasteiger partial charge in [0.2, 0.25) is 11.7 Å². The fourth-order valence-electron chi connectivity index (χ4n) is 2.64. The van der Waals surface area contributed by atoms with E-state index in [1.165, 1.54) is 18.9 Å². The van der Waals surface area contributed by atoms with E-state index in [4.69, 9.17) is 4.42 Å². The van der Waals surface area contributed by atoms with Crippen LogP contribution in [0.25, 0.3) is 11.6 Å². The van der Waals surface area contributed by atoms with Crippen molar-refractivity contribution in [2.24, 2.45) is 0 Å². The summed E-state index contributed by atoms with van der Waals surface area (Å²) in [7, 11) is 1.35. The van der Waals surface area contributed by atoms with Gasteiger partial charge in [-0.1, -0.05) is 42.1 Å². The maximum absolute atomic E-state index is 12.1. The van der Waals surface area contributed by atoms with Gasteiger partial charge in [-0.25, -0.2) is 0 Å². The largest absolute Gasteiger partial charge is 0.469 e. The van der Waals surface area contributed by atoms with Gasteiger partial charge in [0.05, 0.1) is 25.7 Å². The second kappa shape index (κ2) is 10.5. The Hall–Kier alpha value is -3.07. The van der Waals surface area contributed by atoms with Crippen molar-refractivity contribution in [3.63, 3.8) is 0 Å². The van der Waals surface area contributed by atoms with Crippen molar-refractivity contribution in [3.8, 4) is 11.6 Å². The Kier molecular flexibility index (Phi) is 7.46. The molecule has 29 heavy (non-hydrogen) atoms. The molecule has 0 saturated carbocycles. The van der Waals surface area contributed by atoms with Gasteiger partial charge in [-0.2, -0.15) is 0 Å². The SMILES string of the molecule is COC(=O)CCCNC(=O)CSc1nnc(-c2ccco2)n1Cc1ccccc1. The lowest BCUT2D eigenvalue weighted by Crippen LogP contribution is -2.26. The van der Waals surface area contributed by atoms with Crippen LogP contribution in [0.1, 0.15) is 18.4 Å². The Bertz CT molecular complexity index is 925. The quantitative estimate of drug-likeness (QED) is 0.309. The van der Waals surface area contributed by atoms with Crippen LogP contribution in [0.15, 0.2) is 58.3 Å². The number of furan rings is 1. The minimum absolute atomic E-state index is 0.131. The molecule has 0 saturated heterocycles. The second-order valence-corrected chi connectivity index (χ2v) is 7.12. The molecule has 152 valence electrons. The predicted octanol–water partition coefficient (Wildman–Crippen LogP) is 2.75. The molecule has 2 heterocycles. The van der Waals surface area contributed by atoms with Gasteiger partial charge < -0.3 is 14.5 Å². The zero-order chi connectivity index (χ0) is 20.5. The highest BCUT2D eigenvalue weighted by molar-refractivity contribution is 7.99. The number of aromatic nitrogens is 3. The molecule has 9 heteroatoms. The zero-order valence-electron chi connectivity index (χ0n) is 16.0. The number of thioether (sulfide) groups is 1. The van der Waals surface area contributed by atoms with Gasteiger partial charge >= 0.3 is 5.97 Å². The Morgan fingerprint density at radius 3 is 2.72 bits per heavy atom. The molecule has 0 atom stereocenters. The Balaban J connectivity index is 1.63. The lowest BCUT2D eigenvalue weighted by Gasteiger charge is -2.09. The first-order valence-electron chi connectivity index (χ1n) is 9.14. The van der Waals surface area contributed by atoms with Crippen molar-refractivity contribution in [1.82, 2.24) is 20.1 Å². The van der Waals surface area contributed by atoms with Gasteiger partial charge in [-0.15, -0.1) is 10.2 Å². The average molecular weight is 414 g/mol. The Morgan fingerprint density at radius 1 is 1.17 bits per heavy atom. The third-order valence-electron chi connectivity index (χ3n) is 4.08. The molecule has 0 radical (unpaired) electrons. The van der Waals surface area contributed by atoms with Gasteiger partial charge in [0.25, 0.3) is 0 Å². The first-order valence-corrected chi connectivity index (χ1v) is 10.1. The van der Waals surface area contributed by atoms with E-state index >= 15 is 0 Å². The smallest absolute Gasteiger partial charge is 0.305 e. The molecule has 2 aromatic heterocycles. The molecule has 0 bridgehead atoms. The van der Waals surface area contributed by atoms with E-state index in [0.717, 1.165) is 5.56 Å². The maximum Gasteiger partial charge on any atom is 0.305 e. The van der Waals surface area contributed by atoms with Gasteiger partial charge in [-0.05, 0) is 24.1 Å². The van der Waals surface area contributed by atoms with Crippen LogP contribution < -0.4 is 5.32 Å². The second-order valence-electron chi connectivity index (χ2n) is 6.17. The molecule has 1 N–H and O–H groups in total. The lowest BCUT2D eigenvalue weighted by molar-refractivity contribution is -0.140. The number of hydrogen-bond donors (Lipinski definition) is 1. The van der Waals surface area contributed by atoms with Crippen LogP contribution in [0.4, 0.5) is 0 Å². The number of carbonyl (C=O) groups is 2. The molecule has 8 nitrogen and oxygen atoms in total. The van der Waals surface area contributed by atoms with Crippen LogP contribution >= 0.6 is 11.8 Å². The number of hydrogen-bond acceptors (Lipinski definition) is 7. The molecule has 0 fully saturated rings. The van der Waals surface area contributed by atoms with E-state index in [9.17, 15) is 9.59 Å². The number of amides is 1. The van der Waals surface area contributed by atoms with Crippen molar-refractivity contribution < 1.29 is 18.7 Å². The summed E-state index contributed by atoms with van der Waals surface area (Å²) in [5.74, 6) is 1.01. The van der Waals surface area contributed by atoms with E-state index in [-0.39, 0.29) is 24.1 Å². The monoisotopic (exact) mass is 414 g/mol. The van der Waals surface area contributed by atoms with Crippen molar-refractivity contribution in [3.05, 3.63) is 54.3 Å². The number of carbonyl (C=O) groups excluding carboxylic acids is 2. The minimum atomic E-state index is -0.284. The van der Waals surface area contributed by atoms with Crippen LogP contribution in [0.5, 0.6) is 0 Å². The van der Waals surface area contributed by atoms with E-state index in [1.807, 2.05) is 41.0 Å². The van der Waals surface area contributed by atoms with Gasteiger partial charge in [0.1, 0.15) is 0 Å². The molecule has 0 aliphatic carbocycles. The van der Waals surface area contributed by atoms with Gasteiger partial charge in [-0.3, -0.25) is 14.2 Å². The zero-order valence-corrected chi connectivity index (χ0v) is 16.9. The number of nitrogens with zero attached hydrogens (tertiary/aromatic N) is 3. The van der Waals surface area contributed by atoms with Crippen LogP contribution in [0, 0.1) is 0 Å². The number of ether oxygens (including phenoxy) is 1. The predicted molar refractivity (Wildman–Crippen MR) is 108 cm³/mol. The Labute approximate surface area is 172 Å².